The fourth-order valence-electron chi connectivity index (χ4n) is 2.97. The van der Waals surface area contributed by atoms with Crippen molar-refractivity contribution in [1.82, 2.24) is 14.9 Å². The first-order valence-electron chi connectivity index (χ1n) is 8.72. The normalized spacial score (nSPS) is 15.2. The molecule has 3 rings (SSSR count). The fourth-order valence-corrected chi connectivity index (χ4v) is 2.97. The molecule has 1 saturated heterocycles. The summed E-state index contributed by atoms with van der Waals surface area (Å²) in [6.45, 7) is 4.30. The third-order valence-electron chi connectivity index (χ3n) is 4.62. The molecular formula is C19H23FN4O. The molecule has 2 heterocycles. The predicted molar refractivity (Wildman–Crippen MR) is 94.9 cm³/mol. The number of rotatable bonds is 5. The maximum Gasteiger partial charge on any atom is 0.272 e. The topological polar surface area (TPSA) is 58.1 Å². The molecule has 2 aromatic rings. The lowest BCUT2D eigenvalue weighted by Crippen LogP contribution is -2.38. The first-order valence-corrected chi connectivity index (χ1v) is 8.72. The highest BCUT2D eigenvalue weighted by atomic mass is 19.1. The Hall–Kier alpha value is -2.50. The highest BCUT2D eigenvalue weighted by Gasteiger charge is 2.22. The Morgan fingerprint density at radius 3 is 2.80 bits per heavy atom. The van der Waals surface area contributed by atoms with Crippen molar-refractivity contribution < 1.29 is 9.18 Å². The smallest absolute Gasteiger partial charge is 0.272 e. The molecule has 132 valence electrons. The molecule has 1 aliphatic heterocycles. The van der Waals surface area contributed by atoms with Crippen molar-refractivity contribution in [3.05, 3.63) is 53.7 Å². The van der Waals surface area contributed by atoms with Crippen molar-refractivity contribution in [1.29, 1.82) is 0 Å². The number of nitrogens with zero attached hydrogens (tertiary/aromatic N) is 3. The van der Waals surface area contributed by atoms with Crippen molar-refractivity contribution in [2.45, 2.75) is 26.2 Å². The van der Waals surface area contributed by atoms with E-state index in [1.807, 2.05) is 11.0 Å². The standard InChI is InChI=1S/C19H23FN4O/c1-14-7-10-24(11-8-14)19(25)17-12-18(23-13-22-17)21-9-6-15-4-2-3-5-16(15)20/h2-5,12-14H,6-11H2,1H3,(H,21,22,23). The number of benzene rings is 1. The lowest BCUT2D eigenvalue weighted by atomic mass is 9.99. The second-order valence-corrected chi connectivity index (χ2v) is 6.53. The van der Waals surface area contributed by atoms with Gasteiger partial charge in [-0.05, 0) is 36.8 Å². The number of anilines is 1. The average molecular weight is 342 g/mol. The summed E-state index contributed by atoms with van der Waals surface area (Å²) in [6.07, 6.45) is 4.00. The van der Waals surface area contributed by atoms with Crippen molar-refractivity contribution in [3.63, 3.8) is 0 Å². The number of aromatic nitrogens is 2. The van der Waals surface area contributed by atoms with Crippen LogP contribution in [0.25, 0.3) is 0 Å². The number of nitrogens with one attached hydrogen (secondary N) is 1. The molecule has 1 fully saturated rings. The Kier molecular flexibility index (Phi) is 5.58. The Bertz CT molecular complexity index is 729. The van der Waals surface area contributed by atoms with Crippen LogP contribution in [0.5, 0.6) is 0 Å². The predicted octanol–water partition coefficient (Wildman–Crippen LogP) is 3.14. The second kappa shape index (κ2) is 8.05. The number of hydrogen-bond acceptors (Lipinski definition) is 4. The van der Waals surface area contributed by atoms with Gasteiger partial charge in [-0.15, -0.1) is 0 Å². The van der Waals surface area contributed by atoms with Crippen LogP contribution in [0, 0.1) is 11.7 Å². The summed E-state index contributed by atoms with van der Waals surface area (Å²) in [4.78, 5) is 22.7. The number of halogens is 1. The molecular weight excluding hydrogens is 319 g/mol. The van der Waals surface area contributed by atoms with Gasteiger partial charge in [0.1, 0.15) is 23.7 Å². The van der Waals surface area contributed by atoms with E-state index in [1.54, 1.807) is 18.2 Å². The summed E-state index contributed by atoms with van der Waals surface area (Å²) in [7, 11) is 0. The van der Waals surface area contributed by atoms with Gasteiger partial charge in [-0.2, -0.15) is 0 Å². The zero-order chi connectivity index (χ0) is 17.6. The zero-order valence-corrected chi connectivity index (χ0v) is 14.4. The van der Waals surface area contributed by atoms with Gasteiger partial charge in [0.15, 0.2) is 0 Å². The third kappa shape index (κ3) is 4.53. The van der Waals surface area contributed by atoms with Crippen molar-refractivity contribution in [2.75, 3.05) is 25.0 Å². The molecule has 0 spiro atoms. The Labute approximate surface area is 147 Å². The van der Waals surface area contributed by atoms with Gasteiger partial charge in [-0.3, -0.25) is 4.79 Å². The van der Waals surface area contributed by atoms with Crippen LogP contribution in [0.3, 0.4) is 0 Å². The molecule has 1 amide bonds. The van der Waals surface area contributed by atoms with Crippen LogP contribution in [0.15, 0.2) is 36.7 Å². The van der Waals surface area contributed by atoms with E-state index in [1.165, 1.54) is 12.4 Å². The average Bonchev–Trinajstić information content (AvgIpc) is 2.64. The van der Waals surface area contributed by atoms with Gasteiger partial charge in [0, 0.05) is 25.7 Å². The van der Waals surface area contributed by atoms with Crippen LogP contribution in [-0.4, -0.2) is 40.4 Å². The van der Waals surface area contributed by atoms with E-state index < -0.39 is 0 Å². The molecule has 1 aliphatic rings. The van der Waals surface area contributed by atoms with Crippen LogP contribution in [0.2, 0.25) is 0 Å². The number of amides is 1. The first kappa shape index (κ1) is 17.3. The largest absolute Gasteiger partial charge is 0.370 e. The summed E-state index contributed by atoms with van der Waals surface area (Å²) in [5.74, 6) is 0.999. The minimum Gasteiger partial charge on any atom is -0.370 e. The van der Waals surface area contributed by atoms with Gasteiger partial charge >= 0.3 is 0 Å². The molecule has 0 aliphatic carbocycles. The summed E-state index contributed by atoms with van der Waals surface area (Å²) in [5.41, 5.74) is 1.06. The number of piperidine rings is 1. The molecule has 0 unspecified atom stereocenters. The molecule has 0 atom stereocenters. The van der Waals surface area contributed by atoms with E-state index in [-0.39, 0.29) is 11.7 Å². The third-order valence-corrected chi connectivity index (χ3v) is 4.62. The van der Waals surface area contributed by atoms with E-state index >= 15 is 0 Å². The van der Waals surface area contributed by atoms with E-state index in [2.05, 4.69) is 22.2 Å². The Morgan fingerprint density at radius 1 is 1.28 bits per heavy atom. The molecule has 0 radical (unpaired) electrons. The number of likely N-dealkylation sites (tertiary alicyclic amines) is 1. The number of carbonyl (C=O) groups excluding carboxylic acids is 1. The van der Waals surface area contributed by atoms with Crippen LogP contribution in [-0.2, 0) is 6.42 Å². The van der Waals surface area contributed by atoms with Crippen LogP contribution in [0.4, 0.5) is 10.2 Å². The quantitative estimate of drug-likeness (QED) is 0.907. The van der Waals surface area contributed by atoms with Crippen LogP contribution in [0.1, 0.15) is 35.8 Å². The van der Waals surface area contributed by atoms with E-state index in [9.17, 15) is 9.18 Å². The van der Waals surface area contributed by atoms with Crippen LogP contribution < -0.4 is 5.32 Å². The molecule has 25 heavy (non-hydrogen) atoms. The lowest BCUT2D eigenvalue weighted by molar-refractivity contribution is 0.0691. The first-order chi connectivity index (χ1) is 12.1. The fraction of sp³-hybridized carbons (Fsp3) is 0.421. The second-order valence-electron chi connectivity index (χ2n) is 6.53. The molecule has 1 aromatic heterocycles. The summed E-state index contributed by atoms with van der Waals surface area (Å²) < 4.78 is 13.6. The lowest BCUT2D eigenvalue weighted by Gasteiger charge is -2.30. The number of hydrogen-bond donors (Lipinski definition) is 1. The molecule has 1 aromatic carbocycles. The van der Waals surface area contributed by atoms with Gasteiger partial charge < -0.3 is 10.2 Å². The Balaban J connectivity index is 1.58. The minimum atomic E-state index is -0.206. The minimum absolute atomic E-state index is 0.0496. The maximum atomic E-state index is 13.6. The van der Waals surface area contributed by atoms with E-state index in [0.29, 0.717) is 36.0 Å². The van der Waals surface area contributed by atoms with Gasteiger partial charge in [-0.25, -0.2) is 14.4 Å². The molecule has 0 saturated carbocycles. The highest BCUT2D eigenvalue weighted by Crippen LogP contribution is 2.18. The van der Waals surface area contributed by atoms with Gasteiger partial charge in [-0.1, -0.05) is 25.1 Å². The van der Waals surface area contributed by atoms with Gasteiger partial charge in [0.2, 0.25) is 0 Å². The SMILES string of the molecule is CC1CCN(C(=O)c2cc(NCCc3ccccc3F)ncn2)CC1. The maximum absolute atomic E-state index is 13.6. The van der Waals surface area contributed by atoms with Crippen molar-refractivity contribution in [3.8, 4) is 0 Å². The molecule has 1 N–H and O–H groups in total. The Morgan fingerprint density at radius 2 is 2.04 bits per heavy atom. The number of carbonyl (C=O) groups is 1. The van der Waals surface area contributed by atoms with E-state index in [4.69, 9.17) is 0 Å². The molecule has 6 heteroatoms. The summed E-state index contributed by atoms with van der Waals surface area (Å²) >= 11 is 0. The summed E-state index contributed by atoms with van der Waals surface area (Å²) in [5, 5.41) is 3.14. The van der Waals surface area contributed by atoms with Gasteiger partial charge in [0.05, 0.1) is 0 Å². The van der Waals surface area contributed by atoms with Crippen LogP contribution >= 0.6 is 0 Å². The van der Waals surface area contributed by atoms with Crippen molar-refractivity contribution >= 4 is 11.7 Å². The molecule has 0 bridgehead atoms. The zero-order valence-electron chi connectivity index (χ0n) is 14.4. The molecule has 5 nitrogen and oxygen atoms in total. The van der Waals surface area contributed by atoms with Gasteiger partial charge in [0.25, 0.3) is 5.91 Å². The van der Waals surface area contributed by atoms with Crippen molar-refractivity contribution in [2.24, 2.45) is 5.92 Å². The summed E-state index contributed by atoms with van der Waals surface area (Å²) in [6, 6.07) is 8.39. The van der Waals surface area contributed by atoms with E-state index in [0.717, 1.165) is 25.9 Å². The highest BCUT2D eigenvalue weighted by molar-refractivity contribution is 5.92. The monoisotopic (exact) mass is 342 g/mol.